The molecule has 2 heterocycles. The summed E-state index contributed by atoms with van der Waals surface area (Å²) in [6.07, 6.45) is 8.45. The van der Waals surface area contributed by atoms with Crippen molar-refractivity contribution in [3.8, 4) is 0 Å². The molecule has 1 aromatic carbocycles. The fourth-order valence-corrected chi connectivity index (χ4v) is 5.88. The number of amides is 1. The Morgan fingerprint density at radius 2 is 1.90 bits per heavy atom. The van der Waals surface area contributed by atoms with Gasteiger partial charge in [-0.2, -0.15) is 0 Å². The highest BCUT2D eigenvalue weighted by Gasteiger charge is 2.62. The van der Waals surface area contributed by atoms with Crippen LogP contribution in [0.15, 0.2) is 41.1 Å². The molecule has 6 heteroatoms. The Labute approximate surface area is 169 Å². The monoisotopic (exact) mass is 394 g/mol. The van der Waals surface area contributed by atoms with Gasteiger partial charge in [0.2, 0.25) is 5.91 Å². The van der Waals surface area contributed by atoms with Crippen LogP contribution in [0.5, 0.6) is 0 Å². The van der Waals surface area contributed by atoms with E-state index in [1.54, 1.807) is 0 Å². The molecule has 5 rings (SSSR count). The Bertz CT molecular complexity index is 923. The van der Waals surface area contributed by atoms with Crippen LogP contribution in [0.25, 0.3) is 0 Å². The molecule has 1 aliphatic heterocycles. The van der Waals surface area contributed by atoms with Crippen LogP contribution >= 0.6 is 0 Å². The lowest BCUT2D eigenvalue weighted by Gasteiger charge is -2.61. The Balaban J connectivity index is 1.41. The van der Waals surface area contributed by atoms with Gasteiger partial charge in [-0.05, 0) is 49.5 Å². The van der Waals surface area contributed by atoms with Crippen LogP contribution in [0.2, 0.25) is 0 Å². The maximum absolute atomic E-state index is 13.8. The molecule has 6 nitrogen and oxygen atoms in total. The Hall–Kier alpha value is -2.63. The molecule has 1 atom stereocenters. The first kappa shape index (κ1) is 18.4. The molecule has 29 heavy (non-hydrogen) atoms. The van der Waals surface area contributed by atoms with Gasteiger partial charge in [-0.3, -0.25) is 4.79 Å². The number of likely N-dealkylation sites (tertiary alicyclic amines) is 1. The van der Waals surface area contributed by atoms with Gasteiger partial charge in [0.1, 0.15) is 5.76 Å². The summed E-state index contributed by atoms with van der Waals surface area (Å²) in [7, 11) is 0. The van der Waals surface area contributed by atoms with Crippen LogP contribution in [-0.4, -0.2) is 40.0 Å². The lowest BCUT2D eigenvalue weighted by atomic mass is 9.43. The van der Waals surface area contributed by atoms with Gasteiger partial charge in [-0.1, -0.05) is 36.8 Å². The van der Waals surface area contributed by atoms with Crippen LogP contribution < -0.4 is 0 Å². The first-order valence-electron chi connectivity index (χ1n) is 10.5. The van der Waals surface area contributed by atoms with E-state index in [-0.39, 0.29) is 17.5 Å². The normalized spacial score (nSPS) is 24.6. The van der Waals surface area contributed by atoms with E-state index < -0.39 is 11.4 Å². The quantitative estimate of drug-likeness (QED) is 0.848. The third-order valence-electron chi connectivity index (χ3n) is 7.38. The minimum atomic E-state index is -1.08. The molecule has 1 N–H and O–H groups in total. The molecule has 1 aromatic heterocycles. The SMILES string of the molecule is O=C(O)c1ncoc1C1CCCN(C(=O)C2(c3ccccc3)CC3(CCC3)C2)C1. The van der Waals surface area contributed by atoms with Crippen molar-refractivity contribution in [3.05, 3.63) is 53.7 Å². The van der Waals surface area contributed by atoms with Gasteiger partial charge in [0, 0.05) is 19.0 Å². The van der Waals surface area contributed by atoms with E-state index in [9.17, 15) is 14.7 Å². The fraction of sp³-hybridized carbons (Fsp3) is 0.522. The number of piperidine rings is 1. The number of carboxylic acids is 1. The van der Waals surface area contributed by atoms with Crippen LogP contribution in [-0.2, 0) is 10.2 Å². The number of carboxylic acid groups (broad SMARTS) is 1. The van der Waals surface area contributed by atoms with Crippen molar-refractivity contribution in [3.63, 3.8) is 0 Å². The number of benzene rings is 1. The van der Waals surface area contributed by atoms with E-state index in [1.165, 1.54) is 25.7 Å². The molecule has 0 bridgehead atoms. The Kier molecular flexibility index (Phi) is 4.26. The van der Waals surface area contributed by atoms with Gasteiger partial charge in [0.15, 0.2) is 12.1 Å². The van der Waals surface area contributed by atoms with Gasteiger partial charge in [-0.25, -0.2) is 9.78 Å². The average Bonchev–Trinajstić information content (AvgIpc) is 3.17. The summed E-state index contributed by atoms with van der Waals surface area (Å²) in [6.45, 7) is 1.21. The molecule has 3 aliphatic rings. The zero-order chi connectivity index (χ0) is 20.1. The molecule has 2 saturated carbocycles. The molecule has 1 amide bonds. The third kappa shape index (κ3) is 2.88. The number of rotatable bonds is 4. The summed E-state index contributed by atoms with van der Waals surface area (Å²) in [6, 6.07) is 10.2. The number of hydrogen-bond acceptors (Lipinski definition) is 4. The summed E-state index contributed by atoms with van der Waals surface area (Å²) in [5.74, 6) is -0.606. The summed E-state index contributed by atoms with van der Waals surface area (Å²) in [4.78, 5) is 31.1. The van der Waals surface area contributed by atoms with E-state index in [2.05, 4.69) is 17.1 Å². The highest BCUT2D eigenvalue weighted by molar-refractivity contribution is 5.90. The zero-order valence-electron chi connectivity index (χ0n) is 16.5. The topological polar surface area (TPSA) is 83.6 Å². The van der Waals surface area contributed by atoms with Crippen molar-refractivity contribution in [1.82, 2.24) is 9.88 Å². The van der Waals surface area contributed by atoms with Gasteiger partial charge in [0.05, 0.1) is 5.41 Å². The molecule has 2 aliphatic carbocycles. The standard InChI is InChI=1S/C23H26N2O4/c26-20(27)18-19(29-15-24-18)16-6-4-11-25(12-16)21(28)23(17-7-2-1-3-8-17)13-22(14-23)9-5-10-22/h1-3,7-8,15-16H,4-6,9-14H2,(H,26,27). The summed E-state index contributed by atoms with van der Waals surface area (Å²) < 4.78 is 5.43. The number of carbonyl (C=O) groups excluding carboxylic acids is 1. The number of aromatic carboxylic acids is 1. The molecule has 3 fully saturated rings. The maximum atomic E-state index is 13.8. The lowest BCUT2D eigenvalue weighted by molar-refractivity contribution is -0.154. The number of oxazole rings is 1. The van der Waals surface area contributed by atoms with Crippen molar-refractivity contribution in [2.75, 3.05) is 13.1 Å². The molecular formula is C23H26N2O4. The maximum Gasteiger partial charge on any atom is 0.358 e. The van der Waals surface area contributed by atoms with Gasteiger partial charge in [-0.15, -0.1) is 0 Å². The van der Waals surface area contributed by atoms with E-state index in [0.29, 0.717) is 24.3 Å². The predicted octanol–water partition coefficient (Wildman–Crippen LogP) is 3.98. The van der Waals surface area contributed by atoms with Crippen molar-refractivity contribution in [1.29, 1.82) is 0 Å². The zero-order valence-corrected chi connectivity index (χ0v) is 16.5. The minimum absolute atomic E-state index is 0.0286. The van der Waals surface area contributed by atoms with Crippen LogP contribution in [0, 0.1) is 5.41 Å². The fourth-order valence-electron chi connectivity index (χ4n) is 5.88. The Morgan fingerprint density at radius 3 is 2.55 bits per heavy atom. The number of aromatic nitrogens is 1. The molecule has 0 radical (unpaired) electrons. The first-order chi connectivity index (χ1) is 14.0. The van der Waals surface area contributed by atoms with Crippen molar-refractivity contribution in [2.24, 2.45) is 5.41 Å². The average molecular weight is 394 g/mol. The highest BCUT2D eigenvalue weighted by Crippen LogP contribution is 2.65. The smallest absolute Gasteiger partial charge is 0.358 e. The van der Waals surface area contributed by atoms with Crippen LogP contribution in [0.4, 0.5) is 0 Å². The van der Waals surface area contributed by atoms with E-state index in [4.69, 9.17) is 4.42 Å². The van der Waals surface area contributed by atoms with E-state index >= 15 is 0 Å². The second-order valence-electron chi connectivity index (χ2n) is 9.12. The second kappa shape index (κ2) is 6.71. The summed E-state index contributed by atoms with van der Waals surface area (Å²) in [5.41, 5.74) is 1.03. The third-order valence-corrected chi connectivity index (χ3v) is 7.38. The summed E-state index contributed by atoms with van der Waals surface area (Å²) >= 11 is 0. The molecule has 2 aromatic rings. The van der Waals surface area contributed by atoms with Crippen molar-refractivity contribution < 1.29 is 19.1 Å². The molecule has 1 saturated heterocycles. The van der Waals surface area contributed by atoms with Crippen LogP contribution in [0.1, 0.15) is 72.7 Å². The van der Waals surface area contributed by atoms with Crippen molar-refractivity contribution >= 4 is 11.9 Å². The van der Waals surface area contributed by atoms with Crippen LogP contribution in [0.3, 0.4) is 0 Å². The molecular weight excluding hydrogens is 368 g/mol. The van der Waals surface area contributed by atoms with Crippen molar-refractivity contribution in [2.45, 2.75) is 56.3 Å². The molecule has 152 valence electrons. The van der Waals surface area contributed by atoms with Gasteiger partial charge < -0.3 is 14.4 Å². The van der Waals surface area contributed by atoms with Gasteiger partial charge >= 0.3 is 5.97 Å². The van der Waals surface area contributed by atoms with E-state index in [1.807, 2.05) is 23.1 Å². The Morgan fingerprint density at radius 1 is 1.14 bits per heavy atom. The highest BCUT2D eigenvalue weighted by atomic mass is 16.4. The number of hydrogen-bond donors (Lipinski definition) is 1. The number of nitrogens with zero attached hydrogens (tertiary/aromatic N) is 2. The van der Waals surface area contributed by atoms with E-state index in [0.717, 1.165) is 31.2 Å². The molecule has 1 unspecified atom stereocenters. The predicted molar refractivity (Wildman–Crippen MR) is 106 cm³/mol. The van der Waals surface area contributed by atoms with Gasteiger partial charge in [0.25, 0.3) is 0 Å². The second-order valence-corrected chi connectivity index (χ2v) is 9.12. The summed E-state index contributed by atoms with van der Waals surface area (Å²) in [5, 5.41) is 9.37. The minimum Gasteiger partial charge on any atom is -0.476 e. The lowest BCUT2D eigenvalue weighted by Crippen LogP contribution is -2.61. The number of carbonyl (C=O) groups is 2. The largest absolute Gasteiger partial charge is 0.476 e. The first-order valence-corrected chi connectivity index (χ1v) is 10.5. The molecule has 1 spiro atoms.